The van der Waals surface area contributed by atoms with Crippen LogP contribution in [0, 0.1) is 5.41 Å². The van der Waals surface area contributed by atoms with Gasteiger partial charge in [-0.1, -0.05) is 18.6 Å². The highest BCUT2D eigenvalue weighted by molar-refractivity contribution is 5.99. The number of Topliss-reactive ketones (excluding diaryl/α,β-unsaturated/α-hetero) is 1. The fourth-order valence-corrected chi connectivity index (χ4v) is 2.62. The number of benzene rings is 1. The first-order valence-corrected chi connectivity index (χ1v) is 7.15. The van der Waals surface area contributed by atoms with E-state index in [-0.39, 0.29) is 11.2 Å². The van der Waals surface area contributed by atoms with Crippen LogP contribution in [0.5, 0.6) is 5.75 Å². The predicted octanol–water partition coefficient (Wildman–Crippen LogP) is 2.41. The van der Waals surface area contributed by atoms with Crippen LogP contribution in [-0.2, 0) is 4.74 Å². The van der Waals surface area contributed by atoms with E-state index in [1.165, 1.54) is 6.42 Å². The molecule has 4 heteroatoms. The van der Waals surface area contributed by atoms with Crippen LogP contribution >= 0.6 is 0 Å². The van der Waals surface area contributed by atoms with Gasteiger partial charge in [-0.15, -0.1) is 0 Å². The Morgan fingerprint density at radius 3 is 2.65 bits per heavy atom. The average molecular weight is 277 g/mol. The number of hydrogen-bond donors (Lipinski definition) is 1. The van der Waals surface area contributed by atoms with Crippen molar-refractivity contribution < 1.29 is 14.3 Å². The molecular formula is C16H23NO3. The van der Waals surface area contributed by atoms with Crippen molar-refractivity contribution in [2.75, 3.05) is 26.9 Å². The van der Waals surface area contributed by atoms with Gasteiger partial charge in [-0.3, -0.25) is 4.79 Å². The number of carbonyl (C=O) groups is 1. The van der Waals surface area contributed by atoms with Crippen LogP contribution in [0.15, 0.2) is 24.3 Å². The van der Waals surface area contributed by atoms with E-state index in [1.54, 1.807) is 7.11 Å². The predicted molar refractivity (Wildman–Crippen MR) is 78.1 cm³/mol. The maximum absolute atomic E-state index is 12.5. The highest BCUT2D eigenvalue weighted by atomic mass is 16.5. The van der Waals surface area contributed by atoms with Crippen LogP contribution < -0.4 is 10.5 Å². The molecule has 2 rings (SSSR count). The lowest BCUT2D eigenvalue weighted by atomic mass is 9.65. The number of hydrogen-bond acceptors (Lipinski definition) is 4. The molecule has 0 radical (unpaired) electrons. The molecular weight excluding hydrogens is 254 g/mol. The summed E-state index contributed by atoms with van der Waals surface area (Å²) < 4.78 is 10.6. The Kier molecular flexibility index (Phi) is 5.15. The van der Waals surface area contributed by atoms with Gasteiger partial charge in [0.25, 0.3) is 0 Å². The van der Waals surface area contributed by atoms with Crippen molar-refractivity contribution in [2.24, 2.45) is 11.1 Å². The molecule has 1 aliphatic rings. The summed E-state index contributed by atoms with van der Waals surface area (Å²) in [6, 6.07) is 7.40. The lowest BCUT2D eigenvalue weighted by Gasteiger charge is -2.40. The number of carbonyl (C=O) groups excluding carboxylic acids is 1. The van der Waals surface area contributed by atoms with E-state index in [2.05, 4.69) is 0 Å². The van der Waals surface area contributed by atoms with Gasteiger partial charge in [0.2, 0.25) is 0 Å². The van der Waals surface area contributed by atoms with Crippen molar-refractivity contribution in [2.45, 2.75) is 25.7 Å². The van der Waals surface area contributed by atoms with Crippen molar-refractivity contribution in [3.8, 4) is 5.75 Å². The highest BCUT2D eigenvalue weighted by Gasteiger charge is 2.38. The molecule has 1 aliphatic carbocycles. The van der Waals surface area contributed by atoms with Gasteiger partial charge < -0.3 is 15.2 Å². The molecule has 4 nitrogen and oxygen atoms in total. The molecule has 0 aliphatic heterocycles. The zero-order valence-electron chi connectivity index (χ0n) is 12.1. The third kappa shape index (κ3) is 3.38. The monoisotopic (exact) mass is 277 g/mol. The summed E-state index contributed by atoms with van der Waals surface area (Å²) in [7, 11) is 1.63. The molecule has 1 saturated carbocycles. The van der Waals surface area contributed by atoms with Gasteiger partial charge in [-0.2, -0.15) is 0 Å². The minimum absolute atomic E-state index is 0.0245. The Morgan fingerprint density at radius 2 is 2.05 bits per heavy atom. The summed E-state index contributed by atoms with van der Waals surface area (Å²) in [6.07, 6.45) is 3.81. The second-order valence-electron chi connectivity index (χ2n) is 5.50. The van der Waals surface area contributed by atoms with Crippen molar-refractivity contribution in [3.63, 3.8) is 0 Å². The molecule has 0 amide bonds. The number of ether oxygens (including phenoxy) is 2. The second kappa shape index (κ2) is 6.86. The van der Waals surface area contributed by atoms with Crippen LogP contribution in [0.4, 0.5) is 0 Å². The molecule has 110 valence electrons. The van der Waals surface area contributed by atoms with E-state index in [1.807, 2.05) is 24.3 Å². The zero-order valence-corrected chi connectivity index (χ0v) is 12.1. The van der Waals surface area contributed by atoms with Gasteiger partial charge >= 0.3 is 0 Å². The third-order valence-electron chi connectivity index (χ3n) is 4.12. The molecule has 0 spiro atoms. The molecule has 0 saturated heterocycles. The van der Waals surface area contributed by atoms with Gasteiger partial charge in [-0.25, -0.2) is 0 Å². The number of rotatable bonds is 8. The Balaban J connectivity index is 2.05. The Hall–Kier alpha value is -1.39. The van der Waals surface area contributed by atoms with E-state index in [0.29, 0.717) is 37.5 Å². The Bertz CT molecular complexity index is 449. The van der Waals surface area contributed by atoms with Crippen LogP contribution in [0.3, 0.4) is 0 Å². The summed E-state index contributed by atoms with van der Waals surface area (Å²) in [5.41, 5.74) is 6.51. The number of methoxy groups -OCH3 is 1. The summed E-state index contributed by atoms with van der Waals surface area (Å²) in [5.74, 6) is 0.768. The SMILES string of the molecule is COCCOc1ccccc1C(=O)CC1(CN)CCC1. The summed E-state index contributed by atoms with van der Waals surface area (Å²) in [4.78, 5) is 12.5. The second-order valence-corrected chi connectivity index (χ2v) is 5.50. The summed E-state index contributed by atoms with van der Waals surface area (Å²) >= 11 is 0. The minimum Gasteiger partial charge on any atom is -0.490 e. The van der Waals surface area contributed by atoms with Crippen molar-refractivity contribution in [1.29, 1.82) is 0 Å². The minimum atomic E-state index is 0.0245. The smallest absolute Gasteiger partial charge is 0.167 e. The Morgan fingerprint density at radius 1 is 1.30 bits per heavy atom. The first-order chi connectivity index (χ1) is 9.71. The van der Waals surface area contributed by atoms with E-state index >= 15 is 0 Å². The van der Waals surface area contributed by atoms with Crippen molar-refractivity contribution in [3.05, 3.63) is 29.8 Å². The largest absolute Gasteiger partial charge is 0.490 e. The molecule has 1 fully saturated rings. The number of ketones is 1. The third-order valence-corrected chi connectivity index (χ3v) is 4.12. The quantitative estimate of drug-likeness (QED) is 0.585. The summed E-state index contributed by atoms with van der Waals surface area (Å²) in [6.45, 7) is 1.55. The van der Waals surface area contributed by atoms with Crippen LogP contribution in [-0.4, -0.2) is 32.7 Å². The topological polar surface area (TPSA) is 61.5 Å². The fourth-order valence-electron chi connectivity index (χ4n) is 2.62. The molecule has 0 heterocycles. The van der Waals surface area contributed by atoms with Crippen molar-refractivity contribution >= 4 is 5.78 Å². The molecule has 0 bridgehead atoms. The van der Waals surface area contributed by atoms with Gasteiger partial charge in [0, 0.05) is 13.5 Å². The zero-order chi connectivity index (χ0) is 14.4. The normalized spacial score (nSPS) is 16.5. The average Bonchev–Trinajstić information content (AvgIpc) is 2.43. The molecule has 0 aromatic heterocycles. The highest BCUT2D eigenvalue weighted by Crippen LogP contribution is 2.44. The maximum Gasteiger partial charge on any atom is 0.167 e. The number of para-hydroxylation sites is 1. The summed E-state index contributed by atoms with van der Waals surface area (Å²) in [5, 5.41) is 0. The van der Waals surface area contributed by atoms with Crippen LogP contribution in [0.25, 0.3) is 0 Å². The maximum atomic E-state index is 12.5. The van der Waals surface area contributed by atoms with Crippen molar-refractivity contribution in [1.82, 2.24) is 0 Å². The first kappa shape index (κ1) is 15.0. The number of nitrogens with two attached hydrogens (primary N) is 1. The molecule has 20 heavy (non-hydrogen) atoms. The molecule has 1 aromatic rings. The lowest BCUT2D eigenvalue weighted by molar-refractivity contribution is 0.0780. The van der Waals surface area contributed by atoms with Gasteiger partial charge in [0.1, 0.15) is 12.4 Å². The Labute approximate surface area is 120 Å². The van der Waals surface area contributed by atoms with E-state index < -0.39 is 0 Å². The molecule has 0 unspecified atom stereocenters. The standard InChI is InChI=1S/C16H23NO3/c1-19-9-10-20-15-6-3-2-5-13(15)14(18)11-16(12-17)7-4-8-16/h2-3,5-6H,4,7-12,17H2,1H3. The van der Waals surface area contributed by atoms with Gasteiger partial charge in [0.05, 0.1) is 12.2 Å². The van der Waals surface area contributed by atoms with Gasteiger partial charge in [-0.05, 0) is 36.9 Å². The van der Waals surface area contributed by atoms with Crippen LogP contribution in [0.2, 0.25) is 0 Å². The van der Waals surface area contributed by atoms with E-state index in [4.69, 9.17) is 15.2 Å². The molecule has 0 atom stereocenters. The first-order valence-electron chi connectivity index (χ1n) is 7.15. The van der Waals surface area contributed by atoms with E-state index in [9.17, 15) is 4.79 Å². The molecule has 1 aromatic carbocycles. The van der Waals surface area contributed by atoms with Gasteiger partial charge in [0.15, 0.2) is 5.78 Å². The molecule has 2 N–H and O–H groups in total. The lowest BCUT2D eigenvalue weighted by Crippen LogP contribution is -2.39. The van der Waals surface area contributed by atoms with Crippen LogP contribution in [0.1, 0.15) is 36.0 Å². The van der Waals surface area contributed by atoms with E-state index in [0.717, 1.165) is 12.8 Å². The fraction of sp³-hybridized carbons (Fsp3) is 0.562.